The molecule has 3 nitrogen and oxygen atoms in total. The van der Waals surface area contributed by atoms with Crippen LogP contribution in [0.4, 0.5) is 0 Å². The SMILES string of the molecule is CC(C)NC(CC(=O)C(C)C)c1ccc(O)cc1. The number of phenolic OH excluding ortho intramolecular Hbond substituents is 1. The molecule has 0 heterocycles. The number of aromatic hydroxyl groups is 1. The largest absolute Gasteiger partial charge is 0.508 e. The summed E-state index contributed by atoms with van der Waals surface area (Å²) in [6, 6.07) is 7.37. The van der Waals surface area contributed by atoms with Crippen molar-refractivity contribution in [3.05, 3.63) is 29.8 Å². The second kappa shape index (κ2) is 6.55. The van der Waals surface area contributed by atoms with E-state index < -0.39 is 0 Å². The zero-order valence-corrected chi connectivity index (χ0v) is 11.6. The Morgan fingerprint density at radius 1 is 1.17 bits per heavy atom. The molecule has 1 atom stereocenters. The molecule has 0 aliphatic rings. The van der Waals surface area contributed by atoms with Crippen LogP contribution in [0.5, 0.6) is 5.75 Å². The first kappa shape index (κ1) is 14.7. The summed E-state index contributed by atoms with van der Waals surface area (Å²) >= 11 is 0. The molecule has 0 saturated heterocycles. The van der Waals surface area contributed by atoms with E-state index in [1.54, 1.807) is 12.1 Å². The molecule has 0 aromatic heterocycles. The van der Waals surface area contributed by atoms with E-state index in [4.69, 9.17) is 0 Å². The summed E-state index contributed by atoms with van der Waals surface area (Å²) < 4.78 is 0. The van der Waals surface area contributed by atoms with Gasteiger partial charge in [0.1, 0.15) is 11.5 Å². The van der Waals surface area contributed by atoms with Gasteiger partial charge in [0.15, 0.2) is 0 Å². The number of rotatable bonds is 6. The lowest BCUT2D eigenvalue weighted by Crippen LogP contribution is -2.30. The second-order valence-corrected chi connectivity index (χ2v) is 5.29. The summed E-state index contributed by atoms with van der Waals surface area (Å²) in [5, 5.41) is 12.7. The molecule has 1 unspecified atom stereocenters. The smallest absolute Gasteiger partial charge is 0.137 e. The Balaban J connectivity index is 2.84. The lowest BCUT2D eigenvalue weighted by atomic mass is 9.96. The van der Waals surface area contributed by atoms with Gasteiger partial charge in [0.05, 0.1) is 0 Å². The minimum Gasteiger partial charge on any atom is -0.508 e. The van der Waals surface area contributed by atoms with Crippen LogP contribution in [0, 0.1) is 5.92 Å². The van der Waals surface area contributed by atoms with Crippen molar-refractivity contribution in [3.63, 3.8) is 0 Å². The molecule has 1 rings (SSSR count). The van der Waals surface area contributed by atoms with E-state index in [0.717, 1.165) is 5.56 Å². The van der Waals surface area contributed by atoms with Crippen LogP contribution in [0.1, 0.15) is 45.7 Å². The molecule has 0 amide bonds. The van der Waals surface area contributed by atoms with E-state index >= 15 is 0 Å². The lowest BCUT2D eigenvalue weighted by Gasteiger charge is -2.22. The predicted octanol–water partition coefficient (Wildman–Crippen LogP) is 3.05. The molecule has 0 fully saturated rings. The Hall–Kier alpha value is -1.35. The van der Waals surface area contributed by atoms with Crippen molar-refractivity contribution in [1.82, 2.24) is 5.32 Å². The van der Waals surface area contributed by atoms with E-state index in [9.17, 15) is 9.90 Å². The molecule has 1 aromatic carbocycles. The number of hydrogen-bond acceptors (Lipinski definition) is 3. The highest BCUT2D eigenvalue weighted by molar-refractivity contribution is 5.81. The lowest BCUT2D eigenvalue weighted by molar-refractivity contribution is -0.122. The topological polar surface area (TPSA) is 49.3 Å². The number of carbonyl (C=O) groups is 1. The van der Waals surface area contributed by atoms with Gasteiger partial charge in [-0.2, -0.15) is 0 Å². The number of ketones is 1. The normalized spacial score (nSPS) is 13.0. The molecule has 0 aliphatic carbocycles. The molecule has 18 heavy (non-hydrogen) atoms. The molecule has 2 N–H and O–H groups in total. The van der Waals surface area contributed by atoms with Gasteiger partial charge in [-0.05, 0) is 17.7 Å². The van der Waals surface area contributed by atoms with E-state index in [1.165, 1.54) is 0 Å². The summed E-state index contributed by atoms with van der Waals surface area (Å²) in [6.07, 6.45) is 0.487. The third kappa shape index (κ3) is 4.49. The Morgan fingerprint density at radius 3 is 2.17 bits per heavy atom. The molecule has 0 bridgehead atoms. The van der Waals surface area contributed by atoms with E-state index in [-0.39, 0.29) is 23.5 Å². The maximum Gasteiger partial charge on any atom is 0.137 e. The van der Waals surface area contributed by atoms with Gasteiger partial charge in [-0.3, -0.25) is 4.79 Å². The maximum atomic E-state index is 11.9. The Kier molecular flexibility index (Phi) is 5.35. The molecule has 0 radical (unpaired) electrons. The molecular weight excluding hydrogens is 226 g/mol. The van der Waals surface area contributed by atoms with Crippen LogP contribution in [-0.2, 0) is 4.79 Å². The Bertz CT molecular complexity index is 382. The first-order valence-corrected chi connectivity index (χ1v) is 6.48. The monoisotopic (exact) mass is 249 g/mol. The minimum atomic E-state index is 0.0144. The summed E-state index contributed by atoms with van der Waals surface area (Å²) in [5.74, 6) is 0.553. The first-order chi connectivity index (χ1) is 8.40. The number of nitrogens with one attached hydrogen (secondary N) is 1. The van der Waals surface area contributed by atoms with Crippen LogP contribution in [-0.4, -0.2) is 16.9 Å². The Morgan fingerprint density at radius 2 is 1.72 bits per heavy atom. The average Bonchev–Trinajstić information content (AvgIpc) is 2.28. The third-order valence-corrected chi connectivity index (χ3v) is 2.88. The maximum absolute atomic E-state index is 11.9. The zero-order chi connectivity index (χ0) is 13.7. The zero-order valence-electron chi connectivity index (χ0n) is 11.6. The van der Waals surface area contributed by atoms with Crippen molar-refractivity contribution in [2.75, 3.05) is 0 Å². The van der Waals surface area contributed by atoms with Crippen molar-refractivity contribution in [3.8, 4) is 5.75 Å². The number of phenols is 1. The first-order valence-electron chi connectivity index (χ1n) is 6.48. The average molecular weight is 249 g/mol. The summed E-state index contributed by atoms with van der Waals surface area (Å²) in [7, 11) is 0. The highest BCUT2D eigenvalue weighted by atomic mass is 16.3. The van der Waals surface area contributed by atoms with Gasteiger partial charge in [-0.15, -0.1) is 0 Å². The van der Waals surface area contributed by atoms with Crippen LogP contribution >= 0.6 is 0 Å². The van der Waals surface area contributed by atoms with Gasteiger partial charge in [-0.1, -0.05) is 39.8 Å². The highest BCUT2D eigenvalue weighted by Crippen LogP contribution is 2.22. The van der Waals surface area contributed by atoms with Gasteiger partial charge >= 0.3 is 0 Å². The fourth-order valence-corrected chi connectivity index (χ4v) is 1.82. The fourth-order valence-electron chi connectivity index (χ4n) is 1.82. The fraction of sp³-hybridized carbons (Fsp3) is 0.533. The molecular formula is C15H23NO2. The molecule has 1 aromatic rings. The van der Waals surface area contributed by atoms with Crippen LogP contribution in [0.2, 0.25) is 0 Å². The number of Topliss-reactive ketones (excluding diaryl/α,β-unsaturated/α-hetero) is 1. The molecule has 3 heteroatoms. The van der Waals surface area contributed by atoms with Crippen molar-refractivity contribution in [2.45, 2.75) is 46.2 Å². The van der Waals surface area contributed by atoms with Gasteiger partial charge in [0, 0.05) is 24.4 Å². The molecule has 0 saturated carbocycles. The van der Waals surface area contributed by atoms with Gasteiger partial charge in [-0.25, -0.2) is 0 Å². The quantitative estimate of drug-likeness (QED) is 0.814. The van der Waals surface area contributed by atoms with E-state index in [1.807, 2.05) is 26.0 Å². The highest BCUT2D eigenvalue weighted by Gasteiger charge is 2.18. The number of carbonyl (C=O) groups excluding carboxylic acids is 1. The van der Waals surface area contributed by atoms with Crippen LogP contribution in [0.25, 0.3) is 0 Å². The second-order valence-electron chi connectivity index (χ2n) is 5.29. The van der Waals surface area contributed by atoms with Crippen LogP contribution < -0.4 is 5.32 Å². The minimum absolute atomic E-state index is 0.0144. The van der Waals surface area contributed by atoms with Crippen LogP contribution in [0.15, 0.2) is 24.3 Å². The third-order valence-electron chi connectivity index (χ3n) is 2.88. The van der Waals surface area contributed by atoms with Gasteiger partial charge in [0.25, 0.3) is 0 Å². The Labute approximate surface area is 109 Å². The summed E-state index contributed by atoms with van der Waals surface area (Å²) in [6.45, 7) is 7.97. The predicted molar refractivity (Wildman–Crippen MR) is 73.6 cm³/mol. The van der Waals surface area contributed by atoms with Gasteiger partial charge < -0.3 is 10.4 Å². The van der Waals surface area contributed by atoms with E-state index in [2.05, 4.69) is 19.2 Å². The van der Waals surface area contributed by atoms with Gasteiger partial charge in [0.2, 0.25) is 0 Å². The molecule has 0 spiro atoms. The van der Waals surface area contributed by atoms with Crippen molar-refractivity contribution < 1.29 is 9.90 Å². The summed E-state index contributed by atoms with van der Waals surface area (Å²) in [4.78, 5) is 11.9. The number of hydrogen-bond donors (Lipinski definition) is 2. The van der Waals surface area contributed by atoms with Crippen molar-refractivity contribution in [1.29, 1.82) is 0 Å². The molecule has 100 valence electrons. The van der Waals surface area contributed by atoms with Crippen molar-refractivity contribution in [2.24, 2.45) is 5.92 Å². The van der Waals surface area contributed by atoms with E-state index in [0.29, 0.717) is 12.5 Å². The summed E-state index contributed by atoms with van der Waals surface area (Å²) in [5.41, 5.74) is 1.04. The van der Waals surface area contributed by atoms with Crippen molar-refractivity contribution >= 4 is 5.78 Å². The molecule has 0 aliphatic heterocycles. The standard InChI is InChI=1S/C15H23NO2/c1-10(2)15(18)9-14(16-11(3)4)12-5-7-13(17)8-6-12/h5-8,10-11,14,16-17H,9H2,1-4H3. The van der Waals surface area contributed by atoms with Crippen LogP contribution in [0.3, 0.4) is 0 Å². The number of benzene rings is 1.